The first kappa shape index (κ1) is 15.3. The molecule has 1 aromatic rings. The minimum Gasteiger partial charge on any atom is -0.490 e. The summed E-state index contributed by atoms with van der Waals surface area (Å²) >= 11 is 5.59. The van der Waals surface area contributed by atoms with Crippen LogP contribution in [0.5, 0.6) is 5.75 Å². The van der Waals surface area contributed by atoms with Crippen LogP contribution in [0.4, 0.5) is 0 Å². The zero-order valence-electron chi connectivity index (χ0n) is 12.4. The van der Waals surface area contributed by atoms with E-state index in [4.69, 9.17) is 16.3 Å². The molecule has 2 rings (SSSR count). The largest absolute Gasteiger partial charge is 0.490 e. The number of rotatable bonds is 3. The smallest absolute Gasteiger partial charge is 0.120 e. The van der Waals surface area contributed by atoms with Crippen molar-refractivity contribution in [2.24, 2.45) is 5.92 Å². The van der Waals surface area contributed by atoms with E-state index in [0.717, 1.165) is 22.8 Å². The molecular weight excluding hydrogens is 268 g/mol. The second-order valence-electron chi connectivity index (χ2n) is 5.59. The lowest BCUT2D eigenvalue weighted by atomic mass is 9.85. The van der Waals surface area contributed by atoms with Crippen LogP contribution < -0.4 is 4.74 Å². The number of aryl methyl sites for hydroxylation is 1. The van der Waals surface area contributed by atoms with Gasteiger partial charge in [-0.3, -0.25) is 0 Å². The SMILES string of the molecule is CCC1CCCC(Oc2ccc(C#CCCl)c(C)c2)C1. The summed E-state index contributed by atoms with van der Waals surface area (Å²) in [5, 5.41) is 0. The standard InChI is InChI=1S/C18H23ClO/c1-3-15-6-4-8-17(13-15)20-18-10-9-16(7-5-11-19)14(2)12-18/h9-10,12,15,17H,3-4,6,8,11,13H2,1-2H3. The van der Waals surface area contributed by atoms with Crippen molar-refractivity contribution >= 4 is 11.6 Å². The summed E-state index contributed by atoms with van der Waals surface area (Å²) in [6.45, 7) is 4.35. The van der Waals surface area contributed by atoms with Crippen LogP contribution in [0.3, 0.4) is 0 Å². The van der Waals surface area contributed by atoms with E-state index >= 15 is 0 Å². The van der Waals surface area contributed by atoms with Gasteiger partial charge in [0.15, 0.2) is 0 Å². The maximum absolute atomic E-state index is 6.15. The molecule has 0 heterocycles. The number of benzene rings is 1. The minimum absolute atomic E-state index is 0.373. The first-order valence-corrected chi connectivity index (χ1v) is 8.08. The van der Waals surface area contributed by atoms with Gasteiger partial charge in [0.25, 0.3) is 0 Å². The van der Waals surface area contributed by atoms with Gasteiger partial charge in [-0.2, -0.15) is 0 Å². The van der Waals surface area contributed by atoms with Crippen LogP contribution in [-0.4, -0.2) is 12.0 Å². The molecule has 0 aliphatic heterocycles. The summed E-state index contributed by atoms with van der Waals surface area (Å²) in [7, 11) is 0. The maximum atomic E-state index is 6.15. The molecule has 1 aliphatic carbocycles. The van der Waals surface area contributed by atoms with Crippen molar-refractivity contribution in [2.45, 2.75) is 52.1 Å². The molecule has 20 heavy (non-hydrogen) atoms. The van der Waals surface area contributed by atoms with Crippen molar-refractivity contribution in [3.05, 3.63) is 29.3 Å². The third-order valence-corrected chi connectivity index (χ3v) is 4.24. The molecule has 2 atom stereocenters. The van der Waals surface area contributed by atoms with Crippen molar-refractivity contribution < 1.29 is 4.74 Å². The maximum Gasteiger partial charge on any atom is 0.120 e. The Balaban J connectivity index is 2.01. The summed E-state index contributed by atoms with van der Waals surface area (Å²) in [6, 6.07) is 6.15. The Hall–Kier alpha value is -1.13. The zero-order valence-corrected chi connectivity index (χ0v) is 13.2. The quantitative estimate of drug-likeness (QED) is 0.566. The van der Waals surface area contributed by atoms with Crippen LogP contribution in [-0.2, 0) is 0 Å². The monoisotopic (exact) mass is 290 g/mol. The fourth-order valence-electron chi connectivity index (χ4n) is 2.89. The van der Waals surface area contributed by atoms with E-state index in [-0.39, 0.29) is 0 Å². The Morgan fingerprint density at radius 1 is 1.35 bits per heavy atom. The van der Waals surface area contributed by atoms with Crippen molar-refractivity contribution in [2.75, 3.05) is 5.88 Å². The van der Waals surface area contributed by atoms with Crippen LogP contribution in [0.2, 0.25) is 0 Å². The van der Waals surface area contributed by atoms with Gasteiger partial charge >= 0.3 is 0 Å². The summed E-state index contributed by atoms with van der Waals surface area (Å²) in [5.74, 6) is 8.15. The molecule has 1 aromatic carbocycles. The predicted molar refractivity (Wildman–Crippen MR) is 85.4 cm³/mol. The molecular formula is C18H23ClO. The van der Waals surface area contributed by atoms with Gasteiger partial charge in [-0.15, -0.1) is 11.6 Å². The molecule has 0 spiro atoms. The third kappa shape index (κ3) is 4.18. The van der Waals surface area contributed by atoms with Gasteiger partial charge in [0, 0.05) is 5.56 Å². The Morgan fingerprint density at radius 2 is 2.20 bits per heavy atom. The summed E-state index contributed by atoms with van der Waals surface area (Å²) in [6.07, 6.45) is 6.69. The fourth-order valence-corrected chi connectivity index (χ4v) is 2.96. The Bertz CT molecular complexity index is 498. The van der Waals surface area contributed by atoms with E-state index in [9.17, 15) is 0 Å². The number of hydrogen-bond acceptors (Lipinski definition) is 1. The van der Waals surface area contributed by atoms with Gasteiger partial charge in [-0.25, -0.2) is 0 Å². The lowest BCUT2D eigenvalue weighted by Gasteiger charge is -2.29. The van der Waals surface area contributed by atoms with E-state index in [1.807, 2.05) is 12.1 Å². The molecule has 0 bridgehead atoms. The molecule has 0 aromatic heterocycles. The van der Waals surface area contributed by atoms with Crippen molar-refractivity contribution in [3.63, 3.8) is 0 Å². The van der Waals surface area contributed by atoms with Gasteiger partial charge in [0.05, 0.1) is 12.0 Å². The fraction of sp³-hybridized carbons (Fsp3) is 0.556. The van der Waals surface area contributed by atoms with E-state index in [2.05, 4.69) is 31.8 Å². The van der Waals surface area contributed by atoms with E-state index < -0.39 is 0 Å². The molecule has 108 valence electrons. The predicted octanol–water partition coefficient (Wildman–Crippen LogP) is 4.93. The van der Waals surface area contributed by atoms with Gasteiger partial charge in [-0.1, -0.05) is 31.6 Å². The minimum atomic E-state index is 0.373. The Labute approximate surface area is 127 Å². The lowest BCUT2D eigenvalue weighted by molar-refractivity contribution is 0.122. The molecule has 0 amide bonds. The first-order chi connectivity index (χ1) is 9.72. The van der Waals surface area contributed by atoms with Crippen LogP contribution in [0.1, 0.15) is 50.2 Å². The molecule has 1 nitrogen and oxygen atoms in total. The number of ether oxygens (including phenoxy) is 1. The zero-order chi connectivity index (χ0) is 14.4. The van der Waals surface area contributed by atoms with Gasteiger partial charge in [-0.05, 0) is 55.9 Å². The van der Waals surface area contributed by atoms with E-state index in [0.29, 0.717) is 12.0 Å². The second kappa shape index (κ2) is 7.60. The average Bonchev–Trinajstić information content (AvgIpc) is 2.47. The Kier molecular flexibility index (Phi) is 5.80. The third-order valence-electron chi connectivity index (χ3n) is 4.10. The van der Waals surface area contributed by atoms with E-state index in [1.165, 1.54) is 32.1 Å². The summed E-state index contributed by atoms with van der Waals surface area (Å²) < 4.78 is 6.15. The number of halogens is 1. The van der Waals surface area contributed by atoms with Crippen LogP contribution in [0.25, 0.3) is 0 Å². The lowest BCUT2D eigenvalue weighted by Crippen LogP contribution is -2.25. The van der Waals surface area contributed by atoms with Crippen LogP contribution in [0.15, 0.2) is 18.2 Å². The second-order valence-corrected chi connectivity index (χ2v) is 5.86. The number of alkyl halides is 1. The summed E-state index contributed by atoms with van der Waals surface area (Å²) in [5.41, 5.74) is 2.19. The molecule has 1 saturated carbocycles. The molecule has 0 N–H and O–H groups in total. The molecule has 0 radical (unpaired) electrons. The molecule has 2 unspecified atom stereocenters. The topological polar surface area (TPSA) is 9.23 Å². The van der Waals surface area contributed by atoms with Crippen molar-refractivity contribution in [1.82, 2.24) is 0 Å². The van der Waals surface area contributed by atoms with Gasteiger partial charge in [0.1, 0.15) is 5.75 Å². The highest BCUT2D eigenvalue weighted by Gasteiger charge is 2.22. The summed E-state index contributed by atoms with van der Waals surface area (Å²) in [4.78, 5) is 0. The normalized spacial score (nSPS) is 21.9. The molecule has 1 fully saturated rings. The van der Waals surface area contributed by atoms with Crippen LogP contribution >= 0.6 is 11.6 Å². The van der Waals surface area contributed by atoms with E-state index in [1.54, 1.807) is 0 Å². The highest BCUT2D eigenvalue weighted by atomic mass is 35.5. The molecule has 2 heteroatoms. The van der Waals surface area contributed by atoms with Crippen molar-refractivity contribution in [3.8, 4) is 17.6 Å². The Morgan fingerprint density at radius 3 is 2.90 bits per heavy atom. The number of hydrogen-bond donors (Lipinski definition) is 0. The highest BCUT2D eigenvalue weighted by Crippen LogP contribution is 2.30. The average molecular weight is 291 g/mol. The van der Waals surface area contributed by atoms with Crippen LogP contribution in [0, 0.1) is 24.7 Å². The van der Waals surface area contributed by atoms with Crippen molar-refractivity contribution in [1.29, 1.82) is 0 Å². The first-order valence-electron chi connectivity index (χ1n) is 7.55. The molecule has 1 aliphatic rings. The molecule has 0 saturated heterocycles. The van der Waals surface area contributed by atoms with Gasteiger partial charge < -0.3 is 4.74 Å². The van der Waals surface area contributed by atoms with Gasteiger partial charge in [0.2, 0.25) is 0 Å². The highest BCUT2D eigenvalue weighted by molar-refractivity contribution is 6.19.